The van der Waals surface area contributed by atoms with Crippen LogP contribution in [0.4, 0.5) is 0 Å². The topological polar surface area (TPSA) is 89.5 Å². The Labute approximate surface area is 255 Å². The third kappa shape index (κ3) is 9.23. The van der Waals surface area contributed by atoms with E-state index in [-0.39, 0.29) is 48.4 Å². The summed E-state index contributed by atoms with van der Waals surface area (Å²) in [6.45, 7) is 4.33. The molecule has 40 heavy (non-hydrogen) atoms. The monoisotopic (exact) mass is 607 g/mol. The lowest BCUT2D eigenvalue weighted by Crippen LogP contribution is -2.20. The second-order valence-electron chi connectivity index (χ2n) is 9.16. The van der Waals surface area contributed by atoms with E-state index in [4.69, 9.17) is 14.9 Å². The molecule has 0 atom stereocenters. The number of methoxy groups -OCH3 is 1. The van der Waals surface area contributed by atoms with Gasteiger partial charge in [0.2, 0.25) is 11.2 Å². The van der Waals surface area contributed by atoms with Crippen LogP contribution in [-0.4, -0.2) is 33.3 Å². The maximum atomic E-state index is 13.3. The molecule has 1 heterocycles. The Morgan fingerprint density at radius 2 is 1.32 bits per heavy atom. The molecule has 9 heteroatoms. The SMILES string of the molecule is COc1c(-c2ccc(-c3ccccc3)cc2)oc2c(CNCCCCNCCCCN)cccc2c1=O.Cl.Cl.Cl. The predicted molar refractivity (Wildman–Crippen MR) is 174 cm³/mol. The number of benzene rings is 3. The molecule has 218 valence electrons. The fourth-order valence-electron chi connectivity index (χ4n) is 4.46. The quantitative estimate of drug-likeness (QED) is 0.140. The summed E-state index contributed by atoms with van der Waals surface area (Å²) in [5, 5.41) is 7.49. The van der Waals surface area contributed by atoms with Crippen LogP contribution in [0.15, 0.2) is 82.0 Å². The van der Waals surface area contributed by atoms with Crippen LogP contribution in [0.2, 0.25) is 0 Å². The minimum Gasteiger partial charge on any atom is -0.490 e. The number of nitrogens with one attached hydrogen (secondary N) is 2. The molecule has 0 saturated carbocycles. The van der Waals surface area contributed by atoms with E-state index in [9.17, 15) is 4.79 Å². The highest BCUT2D eigenvalue weighted by atomic mass is 35.5. The van der Waals surface area contributed by atoms with Crippen LogP contribution in [0.25, 0.3) is 33.4 Å². The zero-order valence-electron chi connectivity index (χ0n) is 22.8. The summed E-state index contributed by atoms with van der Waals surface area (Å²) in [5.41, 5.74) is 9.96. The first-order chi connectivity index (χ1) is 18.2. The van der Waals surface area contributed by atoms with E-state index in [0.717, 1.165) is 74.1 Å². The van der Waals surface area contributed by atoms with E-state index >= 15 is 0 Å². The summed E-state index contributed by atoms with van der Waals surface area (Å²) in [6.07, 6.45) is 4.39. The molecule has 0 saturated heterocycles. The number of ether oxygens (including phenoxy) is 1. The Kier molecular flexibility index (Phi) is 16.6. The number of para-hydroxylation sites is 1. The highest BCUT2D eigenvalue weighted by molar-refractivity contribution is 5.86. The van der Waals surface area contributed by atoms with Crippen molar-refractivity contribution in [1.29, 1.82) is 0 Å². The first-order valence-corrected chi connectivity index (χ1v) is 13.1. The van der Waals surface area contributed by atoms with Crippen molar-refractivity contribution in [2.24, 2.45) is 5.73 Å². The molecule has 3 aromatic carbocycles. The van der Waals surface area contributed by atoms with Crippen LogP contribution < -0.4 is 26.5 Å². The maximum absolute atomic E-state index is 13.3. The molecule has 1 aromatic heterocycles. The van der Waals surface area contributed by atoms with Gasteiger partial charge in [0.1, 0.15) is 5.58 Å². The molecule has 6 nitrogen and oxygen atoms in total. The Bertz CT molecular complexity index is 1330. The van der Waals surface area contributed by atoms with Gasteiger partial charge in [-0.1, -0.05) is 66.7 Å². The number of hydrogen-bond acceptors (Lipinski definition) is 6. The van der Waals surface area contributed by atoms with Crippen molar-refractivity contribution >= 4 is 48.2 Å². The number of hydrogen-bond donors (Lipinski definition) is 3. The van der Waals surface area contributed by atoms with Crippen LogP contribution in [0.5, 0.6) is 5.75 Å². The normalized spacial score (nSPS) is 10.3. The van der Waals surface area contributed by atoms with E-state index in [0.29, 0.717) is 23.3 Å². The minimum absolute atomic E-state index is 0. The Hall–Kier alpha value is -2.58. The van der Waals surface area contributed by atoms with Gasteiger partial charge in [0, 0.05) is 17.7 Å². The average molecular weight is 609 g/mol. The highest BCUT2D eigenvalue weighted by Gasteiger charge is 2.18. The summed E-state index contributed by atoms with van der Waals surface area (Å²) in [6, 6.07) is 23.9. The van der Waals surface area contributed by atoms with Gasteiger partial charge in [-0.2, -0.15) is 0 Å². The van der Waals surface area contributed by atoms with Crippen LogP contribution in [-0.2, 0) is 6.54 Å². The lowest BCUT2D eigenvalue weighted by molar-refractivity contribution is 0.398. The third-order valence-corrected chi connectivity index (χ3v) is 6.50. The van der Waals surface area contributed by atoms with Crippen LogP contribution >= 0.6 is 37.2 Å². The fraction of sp³-hybridized carbons (Fsp3) is 0.323. The van der Waals surface area contributed by atoms with E-state index in [1.165, 1.54) is 7.11 Å². The smallest absolute Gasteiger partial charge is 0.235 e. The number of halogens is 3. The summed E-state index contributed by atoms with van der Waals surface area (Å²) in [5.74, 6) is 0.678. The lowest BCUT2D eigenvalue weighted by atomic mass is 10.0. The largest absolute Gasteiger partial charge is 0.490 e. The first-order valence-electron chi connectivity index (χ1n) is 13.1. The molecule has 0 unspecified atom stereocenters. The summed E-state index contributed by atoms with van der Waals surface area (Å²) in [7, 11) is 1.51. The molecular formula is C31H40Cl3N3O3. The number of rotatable bonds is 14. The van der Waals surface area contributed by atoms with Gasteiger partial charge in [0.15, 0.2) is 5.76 Å². The lowest BCUT2D eigenvalue weighted by Gasteiger charge is -2.13. The zero-order valence-corrected chi connectivity index (χ0v) is 25.3. The van der Waals surface area contributed by atoms with Crippen LogP contribution in [0.3, 0.4) is 0 Å². The van der Waals surface area contributed by atoms with Gasteiger partial charge in [-0.05, 0) is 69.1 Å². The summed E-state index contributed by atoms with van der Waals surface area (Å²) >= 11 is 0. The molecule has 0 bridgehead atoms. The Morgan fingerprint density at radius 1 is 0.725 bits per heavy atom. The molecule has 4 aromatic rings. The first kappa shape index (κ1) is 35.4. The van der Waals surface area contributed by atoms with Crippen molar-refractivity contribution in [2.45, 2.75) is 32.2 Å². The van der Waals surface area contributed by atoms with Crippen molar-refractivity contribution in [3.05, 3.63) is 88.6 Å². The fourth-order valence-corrected chi connectivity index (χ4v) is 4.46. The maximum Gasteiger partial charge on any atom is 0.235 e. The van der Waals surface area contributed by atoms with Gasteiger partial charge in [-0.25, -0.2) is 0 Å². The highest BCUT2D eigenvalue weighted by Crippen LogP contribution is 2.33. The second kappa shape index (κ2) is 18.7. The molecule has 0 spiro atoms. The van der Waals surface area contributed by atoms with E-state index in [1.54, 1.807) is 6.07 Å². The molecule has 0 aliphatic heterocycles. The van der Waals surface area contributed by atoms with E-state index in [1.807, 2.05) is 54.6 Å². The van der Waals surface area contributed by atoms with Gasteiger partial charge in [0.05, 0.1) is 12.5 Å². The van der Waals surface area contributed by atoms with Gasteiger partial charge in [0.25, 0.3) is 0 Å². The number of unbranched alkanes of at least 4 members (excludes halogenated alkanes) is 2. The van der Waals surface area contributed by atoms with E-state index < -0.39 is 0 Å². The van der Waals surface area contributed by atoms with Crippen molar-refractivity contribution in [2.75, 3.05) is 33.3 Å². The molecule has 4 rings (SSSR count). The number of fused-ring (bicyclic) bond motifs is 1. The second-order valence-corrected chi connectivity index (χ2v) is 9.16. The minimum atomic E-state index is -0.159. The van der Waals surface area contributed by atoms with E-state index in [2.05, 4.69) is 22.8 Å². The predicted octanol–water partition coefficient (Wildman–Crippen LogP) is 6.60. The van der Waals surface area contributed by atoms with Gasteiger partial charge < -0.3 is 25.5 Å². The molecule has 4 N–H and O–H groups in total. The third-order valence-electron chi connectivity index (χ3n) is 6.50. The molecule has 0 fully saturated rings. The van der Waals surface area contributed by atoms with Crippen molar-refractivity contribution in [3.63, 3.8) is 0 Å². The summed E-state index contributed by atoms with van der Waals surface area (Å²) in [4.78, 5) is 13.3. The summed E-state index contributed by atoms with van der Waals surface area (Å²) < 4.78 is 11.9. The van der Waals surface area contributed by atoms with Crippen molar-refractivity contribution in [3.8, 4) is 28.2 Å². The van der Waals surface area contributed by atoms with Crippen molar-refractivity contribution in [1.82, 2.24) is 10.6 Å². The van der Waals surface area contributed by atoms with Gasteiger partial charge in [-0.15, -0.1) is 37.2 Å². The molecule has 0 aliphatic rings. The Morgan fingerprint density at radius 3 is 1.98 bits per heavy atom. The molecule has 0 aliphatic carbocycles. The molecule has 0 radical (unpaired) electrons. The zero-order chi connectivity index (χ0) is 25.9. The van der Waals surface area contributed by atoms with Crippen molar-refractivity contribution < 1.29 is 9.15 Å². The molecule has 0 amide bonds. The molecular weight excluding hydrogens is 569 g/mol. The van der Waals surface area contributed by atoms with Gasteiger partial charge in [-0.3, -0.25) is 4.79 Å². The van der Waals surface area contributed by atoms with Crippen LogP contribution in [0.1, 0.15) is 31.2 Å². The average Bonchev–Trinajstić information content (AvgIpc) is 2.94. The standard InChI is InChI=1S/C31H37N3O3.3ClH/c1-36-31-28(35)27-13-9-12-26(22-34-21-8-7-20-33-19-6-5-18-32)29(27)37-30(31)25-16-14-24(15-17-25)23-10-3-2-4-11-23;;;/h2-4,9-17,33-34H,5-8,18-22,32H2,1H3;3*1H. The van der Waals surface area contributed by atoms with Gasteiger partial charge >= 0.3 is 0 Å². The number of nitrogens with two attached hydrogens (primary N) is 1. The van der Waals surface area contributed by atoms with Crippen LogP contribution in [0, 0.1) is 0 Å². The Balaban J connectivity index is 0.00000267.